The lowest BCUT2D eigenvalue weighted by Crippen LogP contribution is -2.42. The van der Waals surface area contributed by atoms with E-state index in [4.69, 9.17) is 4.74 Å². The predicted octanol–water partition coefficient (Wildman–Crippen LogP) is 1.25. The van der Waals surface area contributed by atoms with Crippen LogP contribution in [0.2, 0.25) is 0 Å². The highest BCUT2D eigenvalue weighted by molar-refractivity contribution is 7.90. The number of hydrogen-bond acceptors (Lipinski definition) is 7. The molecule has 2 aromatic rings. The van der Waals surface area contributed by atoms with Crippen molar-refractivity contribution >= 4 is 33.8 Å². The molecule has 1 heterocycles. The number of hydrogen-bond donors (Lipinski definition) is 3. The number of rotatable bonds is 7. The van der Waals surface area contributed by atoms with Gasteiger partial charge in [-0.25, -0.2) is 13.2 Å². The van der Waals surface area contributed by atoms with Crippen molar-refractivity contribution < 1.29 is 27.5 Å². The summed E-state index contributed by atoms with van der Waals surface area (Å²) in [4.78, 5) is 40.8. The Balaban J connectivity index is 1.66. The van der Waals surface area contributed by atoms with E-state index < -0.39 is 34.0 Å². The smallest absolute Gasteiger partial charge is 0.321 e. The molecule has 0 spiro atoms. The number of sulfonamides is 1. The zero-order valence-corrected chi connectivity index (χ0v) is 18.0. The Kier molecular flexibility index (Phi) is 7.21. The van der Waals surface area contributed by atoms with Crippen LogP contribution >= 0.6 is 0 Å². The first kappa shape index (κ1) is 22.9. The molecule has 10 nitrogen and oxygen atoms in total. The number of amidine groups is 1. The number of imide groups is 1. The highest BCUT2D eigenvalue weighted by Gasteiger charge is 2.30. The van der Waals surface area contributed by atoms with Crippen LogP contribution in [0.15, 0.2) is 64.5 Å². The second-order valence-electron chi connectivity index (χ2n) is 6.71. The molecule has 1 atom stereocenters. The van der Waals surface area contributed by atoms with Gasteiger partial charge in [-0.05, 0) is 19.1 Å². The Morgan fingerprint density at radius 3 is 2.47 bits per heavy atom. The van der Waals surface area contributed by atoms with Crippen LogP contribution in [0.1, 0.15) is 30.6 Å². The Labute approximate surface area is 185 Å². The first-order valence-corrected chi connectivity index (χ1v) is 11.3. The Hall–Kier alpha value is -3.73. The maximum atomic E-state index is 12.5. The van der Waals surface area contributed by atoms with E-state index in [0.29, 0.717) is 17.7 Å². The summed E-state index contributed by atoms with van der Waals surface area (Å²) in [5.41, 5.74) is 0.816. The molecule has 1 unspecified atom stereocenters. The summed E-state index contributed by atoms with van der Waals surface area (Å²) in [5.74, 6) is -1.38. The number of urea groups is 1. The lowest BCUT2D eigenvalue weighted by atomic mass is 10.1. The minimum Gasteiger partial charge on any atom is -0.447 e. The highest BCUT2D eigenvalue weighted by Crippen LogP contribution is 2.22. The number of esters is 1. The summed E-state index contributed by atoms with van der Waals surface area (Å²) in [6.07, 6.45) is -1.53. The number of carbonyl (C=O) groups excluding carboxylic acids is 3. The van der Waals surface area contributed by atoms with Crippen molar-refractivity contribution in [2.75, 3.05) is 13.1 Å². The topological polar surface area (TPSA) is 143 Å². The molecule has 0 bridgehead atoms. The molecule has 0 radical (unpaired) electrons. The van der Waals surface area contributed by atoms with Crippen LogP contribution < -0.4 is 15.4 Å². The van der Waals surface area contributed by atoms with E-state index in [1.807, 2.05) is 0 Å². The van der Waals surface area contributed by atoms with Crippen LogP contribution in [-0.2, 0) is 24.3 Å². The monoisotopic (exact) mass is 458 g/mol. The van der Waals surface area contributed by atoms with Gasteiger partial charge in [-0.3, -0.25) is 24.6 Å². The third-order valence-corrected chi connectivity index (χ3v) is 5.81. The van der Waals surface area contributed by atoms with Crippen molar-refractivity contribution in [1.82, 2.24) is 15.4 Å². The summed E-state index contributed by atoms with van der Waals surface area (Å²) in [6.45, 7) is 1.95. The van der Waals surface area contributed by atoms with E-state index >= 15 is 0 Å². The van der Waals surface area contributed by atoms with Crippen LogP contribution in [-0.4, -0.2) is 45.3 Å². The lowest BCUT2D eigenvalue weighted by molar-refractivity contribution is -0.155. The molecule has 3 N–H and O–H groups in total. The predicted molar refractivity (Wildman–Crippen MR) is 115 cm³/mol. The van der Waals surface area contributed by atoms with E-state index in [1.54, 1.807) is 55.5 Å². The second kappa shape index (κ2) is 10.1. The molecule has 0 saturated carbocycles. The normalized spacial score (nSPS) is 15.8. The number of nitrogens with one attached hydrogen (secondary N) is 3. The van der Waals surface area contributed by atoms with Gasteiger partial charge in [-0.15, -0.1) is 0 Å². The van der Waals surface area contributed by atoms with Gasteiger partial charge in [0.15, 0.2) is 0 Å². The van der Waals surface area contributed by atoms with E-state index in [1.165, 1.54) is 6.07 Å². The fraction of sp³-hybridized carbons (Fsp3) is 0.238. The molecule has 2 aromatic carbocycles. The quantitative estimate of drug-likeness (QED) is 0.533. The maximum Gasteiger partial charge on any atom is 0.321 e. The summed E-state index contributed by atoms with van der Waals surface area (Å²) in [6, 6.07) is 13.9. The zero-order chi connectivity index (χ0) is 23.1. The second-order valence-corrected chi connectivity index (χ2v) is 8.36. The Bertz CT molecular complexity index is 1150. The molecule has 32 heavy (non-hydrogen) atoms. The van der Waals surface area contributed by atoms with Gasteiger partial charge in [0.25, 0.3) is 15.9 Å². The van der Waals surface area contributed by atoms with Crippen molar-refractivity contribution in [2.24, 2.45) is 4.99 Å². The van der Waals surface area contributed by atoms with Crippen LogP contribution in [0, 0.1) is 0 Å². The zero-order valence-electron chi connectivity index (χ0n) is 17.2. The number of amides is 3. The lowest BCUT2D eigenvalue weighted by Gasteiger charge is -2.17. The summed E-state index contributed by atoms with van der Waals surface area (Å²) < 4.78 is 31.9. The Morgan fingerprint density at radius 1 is 1.06 bits per heavy atom. The first-order valence-electron chi connectivity index (χ1n) is 9.81. The molecule has 0 saturated heterocycles. The molecule has 1 aliphatic rings. The van der Waals surface area contributed by atoms with Crippen LogP contribution in [0.3, 0.4) is 0 Å². The van der Waals surface area contributed by atoms with Gasteiger partial charge >= 0.3 is 12.0 Å². The van der Waals surface area contributed by atoms with E-state index in [9.17, 15) is 22.8 Å². The number of ether oxygens (including phenoxy) is 1. The number of nitrogens with zero attached hydrogens (tertiary/aromatic N) is 1. The van der Waals surface area contributed by atoms with Gasteiger partial charge in [-0.1, -0.05) is 42.5 Å². The minimum absolute atomic E-state index is 0.0650. The van der Waals surface area contributed by atoms with Gasteiger partial charge in [-0.2, -0.15) is 0 Å². The largest absolute Gasteiger partial charge is 0.447 e. The molecule has 3 rings (SSSR count). The number of carbonyl (C=O) groups is 3. The fourth-order valence-electron chi connectivity index (χ4n) is 2.98. The van der Waals surface area contributed by atoms with Crippen molar-refractivity contribution in [1.29, 1.82) is 0 Å². The van der Waals surface area contributed by atoms with Gasteiger partial charge in [0.05, 0.1) is 17.9 Å². The third kappa shape index (κ3) is 5.49. The standard InChI is InChI=1S/C21H22N4O6S/c1-2-22-21(28)24-20(27)18(14-8-4-3-5-9-14)31-17(26)12-13-23-19-15-10-6-7-11-16(15)32(29,30)25-19/h3-11,18H,2,12-13H2,1H3,(H,23,25)(H2,22,24,27,28). The van der Waals surface area contributed by atoms with Gasteiger partial charge in [0, 0.05) is 17.7 Å². The molecule has 0 fully saturated rings. The SMILES string of the molecule is CCNC(=O)NC(=O)C(OC(=O)CCN=C1NS(=O)(=O)c2ccccc21)c1ccccc1. The van der Waals surface area contributed by atoms with E-state index in [0.717, 1.165) is 0 Å². The number of fused-ring (bicyclic) bond motifs is 1. The van der Waals surface area contributed by atoms with Crippen molar-refractivity contribution in [2.45, 2.75) is 24.3 Å². The number of benzene rings is 2. The summed E-state index contributed by atoms with van der Waals surface area (Å²) >= 11 is 0. The van der Waals surface area contributed by atoms with Gasteiger partial charge < -0.3 is 10.1 Å². The van der Waals surface area contributed by atoms with Crippen LogP contribution in [0.5, 0.6) is 0 Å². The van der Waals surface area contributed by atoms with Gasteiger partial charge in [0.1, 0.15) is 5.84 Å². The maximum absolute atomic E-state index is 12.5. The van der Waals surface area contributed by atoms with Crippen molar-refractivity contribution in [3.05, 3.63) is 65.7 Å². The minimum atomic E-state index is -3.68. The highest BCUT2D eigenvalue weighted by atomic mass is 32.2. The first-order chi connectivity index (χ1) is 15.3. The molecular formula is C21H22N4O6S. The van der Waals surface area contributed by atoms with Crippen LogP contribution in [0.4, 0.5) is 4.79 Å². The average Bonchev–Trinajstić information content (AvgIpc) is 3.03. The summed E-state index contributed by atoms with van der Waals surface area (Å²) in [7, 11) is -3.68. The van der Waals surface area contributed by atoms with E-state index in [-0.39, 0.29) is 23.7 Å². The van der Waals surface area contributed by atoms with Crippen molar-refractivity contribution in [3.8, 4) is 0 Å². The molecule has 0 aromatic heterocycles. The Morgan fingerprint density at radius 2 is 1.75 bits per heavy atom. The molecule has 3 amide bonds. The average molecular weight is 458 g/mol. The molecule has 0 aliphatic carbocycles. The van der Waals surface area contributed by atoms with Crippen molar-refractivity contribution in [3.63, 3.8) is 0 Å². The molecule has 11 heteroatoms. The van der Waals surface area contributed by atoms with Gasteiger partial charge in [0.2, 0.25) is 6.10 Å². The fourth-order valence-corrected chi connectivity index (χ4v) is 4.23. The van der Waals surface area contributed by atoms with E-state index in [2.05, 4.69) is 20.3 Å². The molecular weight excluding hydrogens is 436 g/mol. The summed E-state index contributed by atoms with van der Waals surface area (Å²) in [5, 5.41) is 4.57. The third-order valence-electron chi connectivity index (χ3n) is 4.41. The molecule has 1 aliphatic heterocycles. The molecule has 168 valence electrons. The number of aliphatic imine (C=N–C) groups is 1. The van der Waals surface area contributed by atoms with Crippen LogP contribution in [0.25, 0.3) is 0 Å².